The second kappa shape index (κ2) is 11.7. The SMILES string of the molecule is C[Si](C)(C)CCOCn1c(O[C@@H]2COC3C2OC[C@H]3O)nc2nc(-c3ccc(-c4ccc(Br)nc4)cc3)c(Cl)cc21. The van der Waals surface area contributed by atoms with E-state index in [0.29, 0.717) is 41.1 Å². The number of hydrogen-bond donors (Lipinski definition) is 1. The van der Waals surface area contributed by atoms with E-state index in [9.17, 15) is 5.11 Å². The fourth-order valence-corrected chi connectivity index (χ4v) is 6.25. The quantitative estimate of drug-likeness (QED) is 0.137. The van der Waals surface area contributed by atoms with E-state index in [1.54, 1.807) is 0 Å². The summed E-state index contributed by atoms with van der Waals surface area (Å²) >= 11 is 10.2. The standard InChI is InChI=1S/C29H32BrClN4O5Si/c1-41(2,3)11-10-37-16-35-21-12-20(31)25(18-6-4-17(5-7-18)19-8-9-24(30)32-13-19)33-28(21)34-29(35)40-23-15-39-26-22(36)14-38-27(23)26/h4-9,12-13,22-23,26-27,36H,10-11,14-16H2,1-3H3/t22-,23-,26?,27?/m1/s1. The minimum Gasteiger partial charge on any atom is -0.456 e. The van der Waals surface area contributed by atoms with Gasteiger partial charge in [-0.15, -0.1) is 0 Å². The zero-order valence-corrected chi connectivity index (χ0v) is 26.4. The molecule has 12 heteroatoms. The van der Waals surface area contributed by atoms with Gasteiger partial charge in [0.1, 0.15) is 29.6 Å². The van der Waals surface area contributed by atoms with E-state index < -0.39 is 26.4 Å². The van der Waals surface area contributed by atoms with Crippen LogP contribution < -0.4 is 4.74 Å². The highest BCUT2D eigenvalue weighted by molar-refractivity contribution is 9.10. The van der Waals surface area contributed by atoms with Crippen LogP contribution in [-0.4, -0.2) is 76.9 Å². The fraction of sp³-hybridized carbons (Fsp3) is 0.414. The third-order valence-corrected chi connectivity index (χ3v) is 9.80. The second-order valence-electron chi connectivity index (χ2n) is 11.6. The molecule has 2 unspecified atom stereocenters. The van der Waals surface area contributed by atoms with Crippen molar-refractivity contribution in [3.63, 3.8) is 0 Å². The average molecular weight is 660 g/mol. The number of halogens is 2. The number of rotatable bonds is 9. The van der Waals surface area contributed by atoms with Crippen LogP contribution in [0.5, 0.6) is 6.01 Å². The number of hydrogen-bond acceptors (Lipinski definition) is 8. The smallest absolute Gasteiger partial charge is 0.301 e. The lowest BCUT2D eigenvalue weighted by Gasteiger charge is -2.19. The molecular formula is C29H32BrClN4O5Si. The molecule has 216 valence electrons. The van der Waals surface area contributed by atoms with Crippen LogP contribution in [0.25, 0.3) is 33.5 Å². The first kappa shape index (κ1) is 28.7. The summed E-state index contributed by atoms with van der Waals surface area (Å²) < 4.78 is 26.6. The van der Waals surface area contributed by atoms with Crippen LogP contribution in [0.1, 0.15) is 0 Å². The highest BCUT2D eigenvalue weighted by Crippen LogP contribution is 2.34. The van der Waals surface area contributed by atoms with Gasteiger partial charge in [0.05, 0.1) is 29.4 Å². The zero-order chi connectivity index (χ0) is 28.7. The van der Waals surface area contributed by atoms with Gasteiger partial charge in [-0.05, 0) is 39.7 Å². The maximum Gasteiger partial charge on any atom is 0.301 e. The van der Waals surface area contributed by atoms with Gasteiger partial charge in [-0.25, -0.2) is 9.97 Å². The van der Waals surface area contributed by atoms with Crippen molar-refractivity contribution in [1.29, 1.82) is 0 Å². The highest BCUT2D eigenvalue weighted by Gasteiger charge is 2.49. The Labute approximate surface area is 252 Å². The molecule has 6 rings (SSSR count). The zero-order valence-electron chi connectivity index (χ0n) is 23.1. The molecule has 0 saturated carbocycles. The Balaban J connectivity index is 1.30. The maximum absolute atomic E-state index is 10.2. The van der Waals surface area contributed by atoms with Gasteiger partial charge in [0.25, 0.3) is 0 Å². The van der Waals surface area contributed by atoms with E-state index in [0.717, 1.165) is 27.3 Å². The van der Waals surface area contributed by atoms with Crippen molar-refractivity contribution in [2.24, 2.45) is 0 Å². The van der Waals surface area contributed by atoms with Crippen molar-refractivity contribution in [1.82, 2.24) is 19.5 Å². The predicted molar refractivity (Wildman–Crippen MR) is 163 cm³/mol. The molecule has 4 aromatic rings. The lowest BCUT2D eigenvalue weighted by molar-refractivity contribution is 0.00339. The molecule has 2 saturated heterocycles. The molecule has 2 fully saturated rings. The number of aliphatic hydroxyl groups excluding tert-OH is 1. The summed E-state index contributed by atoms with van der Waals surface area (Å²) in [5, 5.41) is 10.6. The van der Waals surface area contributed by atoms with Gasteiger partial charge < -0.3 is 24.1 Å². The molecule has 1 N–H and O–H groups in total. The molecular weight excluding hydrogens is 628 g/mol. The lowest BCUT2D eigenvalue weighted by Crippen LogP contribution is -2.35. The van der Waals surface area contributed by atoms with E-state index in [4.69, 9.17) is 40.5 Å². The summed E-state index contributed by atoms with van der Waals surface area (Å²) in [6.07, 6.45) is -0.0126. The van der Waals surface area contributed by atoms with Crippen molar-refractivity contribution < 1.29 is 24.1 Å². The molecule has 0 amide bonds. The number of benzene rings is 1. The van der Waals surface area contributed by atoms with Gasteiger partial charge in [0, 0.05) is 32.0 Å². The van der Waals surface area contributed by atoms with E-state index >= 15 is 0 Å². The van der Waals surface area contributed by atoms with E-state index in [1.807, 2.05) is 53.2 Å². The first-order chi connectivity index (χ1) is 19.7. The molecule has 0 spiro atoms. The Kier molecular flexibility index (Phi) is 8.21. The third-order valence-electron chi connectivity index (χ3n) is 7.33. The molecule has 2 aliphatic heterocycles. The Hall–Kier alpha value is -2.38. The lowest BCUT2D eigenvalue weighted by atomic mass is 10.0. The monoisotopic (exact) mass is 658 g/mol. The molecule has 0 aliphatic carbocycles. The number of aliphatic hydroxyl groups is 1. The predicted octanol–water partition coefficient (Wildman–Crippen LogP) is 5.79. The number of aromatic nitrogens is 4. The van der Waals surface area contributed by atoms with Crippen LogP contribution in [0.4, 0.5) is 0 Å². The number of fused-ring (bicyclic) bond motifs is 2. The summed E-state index contributed by atoms with van der Waals surface area (Å²) in [6.45, 7) is 8.36. The summed E-state index contributed by atoms with van der Waals surface area (Å²) in [4.78, 5) is 13.9. The Morgan fingerprint density at radius 2 is 1.76 bits per heavy atom. The molecule has 1 aromatic carbocycles. The normalized spacial score (nSPS) is 22.4. The molecule has 41 heavy (non-hydrogen) atoms. The number of ether oxygens (including phenoxy) is 4. The van der Waals surface area contributed by atoms with E-state index in [-0.39, 0.29) is 19.4 Å². The fourth-order valence-electron chi connectivity index (χ4n) is 5.00. The number of nitrogens with zero attached hydrogens (tertiary/aromatic N) is 4. The highest BCUT2D eigenvalue weighted by atomic mass is 79.9. The van der Waals surface area contributed by atoms with Crippen LogP contribution in [0.2, 0.25) is 30.7 Å². The maximum atomic E-state index is 10.2. The number of pyridine rings is 2. The summed E-state index contributed by atoms with van der Waals surface area (Å²) in [5.74, 6) is 0. The topological polar surface area (TPSA) is 101 Å². The minimum atomic E-state index is -1.26. The molecule has 3 aromatic heterocycles. The summed E-state index contributed by atoms with van der Waals surface area (Å²) in [5.41, 5.74) is 4.76. The van der Waals surface area contributed by atoms with E-state index in [2.05, 4.69) is 40.6 Å². The van der Waals surface area contributed by atoms with Crippen LogP contribution in [-0.2, 0) is 20.9 Å². The number of imidazole rings is 1. The van der Waals surface area contributed by atoms with Crippen molar-refractivity contribution in [2.45, 2.75) is 56.8 Å². The largest absolute Gasteiger partial charge is 0.456 e. The van der Waals surface area contributed by atoms with Gasteiger partial charge in [-0.2, -0.15) is 4.98 Å². The van der Waals surface area contributed by atoms with Gasteiger partial charge in [0.15, 0.2) is 11.8 Å². The Morgan fingerprint density at radius 1 is 1.02 bits per heavy atom. The van der Waals surface area contributed by atoms with Crippen LogP contribution in [0, 0.1) is 0 Å². The van der Waals surface area contributed by atoms with Gasteiger partial charge in [0.2, 0.25) is 0 Å². The van der Waals surface area contributed by atoms with Crippen LogP contribution in [0.3, 0.4) is 0 Å². The first-order valence-corrected chi connectivity index (χ1v) is 18.5. The summed E-state index contributed by atoms with van der Waals surface area (Å²) in [7, 11) is -1.26. The van der Waals surface area contributed by atoms with Gasteiger partial charge in [-0.1, -0.05) is 61.6 Å². The molecule has 4 atom stereocenters. The van der Waals surface area contributed by atoms with Gasteiger partial charge in [-0.3, -0.25) is 4.57 Å². The van der Waals surface area contributed by atoms with Crippen molar-refractivity contribution >= 4 is 46.8 Å². The second-order valence-corrected chi connectivity index (χ2v) is 18.4. The molecule has 2 aliphatic rings. The average Bonchev–Trinajstić information content (AvgIpc) is 3.61. The van der Waals surface area contributed by atoms with Crippen molar-refractivity contribution in [2.75, 3.05) is 19.8 Å². The van der Waals surface area contributed by atoms with Crippen LogP contribution in [0.15, 0.2) is 53.3 Å². The molecule has 5 heterocycles. The molecule has 0 bridgehead atoms. The van der Waals surface area contributed by atoms with E-state index in [1.165, 1.54) is 0 Å². The minimum absolute atomic E-state index is 0.225. The molecule has 9 nitrogen and oxygen atoms in total. The van der Waals surface area contributed by atoms with Crippen molar-refractivity contribution in [3.05, 3.63) is 58.3 Å². The third kappa shape index (κ3) is 6.22. The van der Waals surface area contributed by atoms with Gasteiger partial charge >= 0.3 is 6.01 Å². The van der Waals surface area contributed by atoms with Crippen molar-refractivity contribution in [3.8, 4) is 28.4 Å². The summed E-state index contributed by atoms with van der Waals surface area (Å²) in [6, 6.07) is 15.2. The Morgan fingerprint density at radius 3 is 2.49 bits per heavy atom. The van der Waals surface area contributed by atoms with Crippen LogP contribution >= 0.6 is 27.5 Å². The molecule has 0 radical (unpaired) electrons. The Bertz CT molecular complexity index is 1530. The first-order valence-electron chi connectivity index (χ1n) is 13.6.